The summed E-state index contributed by atoms with van der Waals surface area (Å²) in [6.45, 7) is 4.16. The third kappa shape index (κ3) is 2.91. The van der Waals surface area contributed by atoms with E-state index in [2.05, 4.69) is 13.8 Å². The Bertz CT molecular complexity index is 735. The van der Waals surface area contributed by atoms with Crippen molar-refractivity contribution >= 4 is 11.0 Å². The average molecular weight is 317 g/mol. The van der Waals surface area contributed by atoms with Gasteiger partial charge >= 0.3 is 0 Å². The maximum atomic E-state index is 12.8. The van der Waals surface area contributed by atoms with Crippen molar-refractivity contribution in [1.29, 1.82) is 0 Å². The largest absolute Gasteiger partial charge is 0.507 e. The second-order valence-electron chi connectivity index (χ2n) is 6.75. The fourth-order valence-corrected chi connectivity index (χ4v) is 3.79. The fourth-order valence-electron chi connectivity index (χ4n) is 3.79. The molecule has 1 aromatic heterocycles. The Morgan fingerprint density at radius 3 is 2.52 bits per heavy atom. The molecule has 3 rings (SSSR count). The van der Waals surface area contributed by atoms with Gasteiger partial charge in [-0.05, 0) is 37.3 Å². The van der Waals surface area contributed by atoms with Gasteiger partial charge in [-0.2, -0.15) is 4.74 Å². The van der Waals surface area contributed by atoms with E-state index in [1.807, 2.05) is 6.07 Å². The number of phenols is 1. The molecule has 0 atom stereocenters. The maximum Gasteiger partial charge on any atom is 0.290 e. The lowest BCUT2D eigenvalue weighted by molar-refractivity contribution is 0.186. The van der Waals surface area contributed by atoms with Crippen LogP contribution in [0.1, 0.15) is 76.0 Å². The third-order valence-corrected chi connectivity index (χ3v) is 4.97. The summed E-state index contributed by atoms with van der Waals surface area (Å²) in [6.07, 6.45) is 8.95. The standard InChI is InChI=1S/C19H27NO3/c1-3-8-13-12-16-18(15(9-4-2)17(13)21)23-20(19(16)22)14-10-6-5-7-11-14/h12,14,21H,3-11H2,1-2H3. The highest BCUT2D eigenvalue weighted by Crippen LogP contribution is 2.34. The molecular weight excluding hydrogens is 290 g/mol. The van der Waals surface area contributed by atoms with Crippen molar-refractivity contribution in [3.05, 3.63) is 27.5 Å². The van der Waals surface area contributed by atoms with Gasteiger partial charge in [0.05, 0.1) is 11.4 Å². The Labute approximate surface area is 137 Å². The molecule has 0 saturated heterocycles. The number of aryl methyl sites for hydroxylation is 2. The average Bonchev–Trinajstić information content (AvgIpc) is 2.89. The molecule has 2 aromatic rings. The van der Waals surface area contributed by atoms with Gasteiger partial charge in [-0.3, -0.25) is 4.79 Å². The van der Waals surface area contributed by atoms with Crippen molar-refractivity contribution in [3.63, 3.8) is 0 Å². The Kier molecular flexibility index (Phi) is 4.79. The monoisotopic (exact) mass is 317 g/mol. The first kappa shape index (κ1) is 16.2. The number of hydrogen-bond donors (Lipinski definition) is 1. The highest BCUT2D eigenvalue weighted by molar-refractivity contribution is 5.83. The number of nitrogens with zero attached hydrogens (tertiary/aromatic N) is 1. The van der Waals surface area contributed by atoms with Gasteiger partial charge in [0.2, 0.25) is 0 Å². The molecule has 23 heavy (non-hydrogen) atoms. The summed E-state index contributed by atoms with van der Waals surface area (Å²) in [7, 11) is 0. The minimum atomic E-state index is -0.0263. The van der Waals surface area contributed by atoms with Gasteiger partial charge < -0.3 is 9.63 Å². The van der Waals surface area contributed by atoms with Crippen LogP contribution in [0.5, 0.6) is 5.75 Å². The first-order valence-electron chi connectivity index (χ1n) is 9.06. The molecule has 0 aliphatic heterocycles. The third-order valence-electron chi connectivity index (χ3n) is 4.97. The van der Waals surface area contributed by atoms with Crippen LogP contribution in [0, 0.1) is 0 Å². The lowest BCUT2D eigenvalue weighted by Gasteiger charge is -2.20. The highest BCUT2D eigenvalue weighted by Gasteiger charge is 2.24. The molecule has 1 N–H and O–H groups in total. The molecule has 4 nitrogen and oxygen atoms in total. The Balaban J connectivity index is 2.17. The molecule has 1 aliphatic rings. The smallest absolute Gasteiger partial charge is 0.290 e. The molecule has 1 aliphatic carbocycles. The second kappa shape index (κ2) is 6.81. The van der Waals surface area contributed by atoms with E-state index in [1.54, 1.807) is 4.74 Å². The molecule has 4 heteroatoms. The van der Waals surface area contributed by atoms with Crippen LogP contribution in [0.3, 0.4) is 0 Å². The van der Waals surface area contributed by atoms with E-state index in [9.17, 15) is 9.90 Å². The van der Waals surface area contributed by atoms with Crippen LogP contribution >= 0.6 is 0 Å². The van der Waals surface area contributed by atoms with Crippen LogP contribution < -0.4 is 5.56 Å². The van der Waals surface area contributed by atoms with Crippen LogP contribution in [0.4, 0.5) is 0 Å². The summed E-state index contributed by atoms with van der Waals surface area (Å²) in [6, 6.07) is 2.02. The molecule has 1 fully saturated rings. The maximum absolute atomic E-state index is 12.8. The van der Waals surface area contributed by atoms with Gasteiger partial charge in [0, 0.05) is 5.56 Å². The summed E-state index contributed by atoms with van der Waals surface area (Å²) in [5, 5.41) is 11.2. The molecule has 0 amide bonds. The zero-order valence-electron chi connectivity index (χ0n) is 14.2. The minimum Gasteiger partial charge on any atom is -0.507 e. The first-order chi connectivity index (χ1) is 11.2. The van der Waals surface area contributed by atoms with Crippen LogP contribution in [0.25, 0.3) is 11.0 Å². The molecule has 1 aromatic carbocycles. The SMILES string of the molecule is CCCc1cc2c(=O)n(C3CCCCC3)oc2c(CCC)c1O. The molecule has 1 saturated carbocycles. The Morgan fingerprint density at radius 2 is 1.87 bits per heavy atom. The zero-order valence-corrected chi connectivity index (χ0v) is 14.2. The van der Waals surface area contributed by atoms with E-state index in [4.69, 9.17) is 4.52 Å². The quantitative estimate of drug-likeness (QED) is 0.869. The van der Waals surface area contributed by atoms with Crippen molar-refractivity contribution in [3.8, 4) is 5.75 Å². The van der Waals surface area contributed by atoms with E-state index >= 15 is 0 Å². The first-order valence-corrected chi connectivity index (χ1v) is 9.06. The molecule has 0 radical (unpaired) electrons. The van der Waals surface area contributed by atoms with Crippen molar-refractivity contribution in [1.82, 2.24) is 4.74 Å². The van der Waals surface area contributed by atoms with Crippen LogP contribution in [-0.4, -0.2) is 9.85 Å². The summed E-state index contributed by atoms with van der Waals surface area (Å²) >= 11 is 0. The topological polar surface area (TPSA) is 55.4 Å². The van der Waals surface area contributed by atoms with E-state index in [0.29, 0.717) is 16.7 Å². The molecule has 0 unspecified atom stereocenters. The van der Waals surface area contributed by atoms with Crippen molar-refractivity contribution in [2.24, 2.45) is 0 Å². The number of fused-ring (bicyclic) bond motifs is 1. The number of rotatable bonds is 5. The van der Waals surface area contributed by atoms with Gasteiger partial charge in [0.1, 0.15) is 5.75 Å². The predicted octanol–water partition coefficient (Wildman–Crippen LogP) is 4.71. The van der Waals surface area contributed by atoms with Gasteiger partial charge in [-0.15, -0.1) is 0 Å². The normalized spacial score (nSPS) is 16.3. The van der Waals surface area contributed by atoms with Gasteiger partial charge in [-0.1, -0.05) is 46.0 Å². The van der Waals surface area contributed by atoms with E-state index < -0.39 is 0 Å². The summed E-state index contributed by atoms with van der Waals surface area (Å²) < 4.78 is 7.56. The van der Waals surface area contributed by atoms with Crippen molar-refractivity contribution < 1.29 is 9.63 Å². The number of hydrogen-bond acceptors (Lipinski definition) is 3. The summed E-state index contributed by atoms with van der Waals surface area (Å²) in [5.74, 6) is 0.325. The van der Waals surface area contributed by atoms with Crippen molar-refractivity contribution in [2.45, 2.75) is 77.7 Å². The number of benzene rings is 1. The van der Waals surface area contributed by atoms with Gasteiger partial charge in [0.15, 0.2) is 5.58 Å². The lowest BCUT2D eigenvalue weighted by Crippen LogP contribution is -2.22. The molecular formula is C19H27NO3. The second-order valence-corrected chi connectivity index (χ2v) is 6.75. The fraction of sp³-hybridized carbons (Fsp3) is 0.632. The number of aromatic nitrogens is 1. The minimum absolute atomic E-state index is 0.0263. The van der Waals surface area contributed by atoms with Crippen LogP contribution in [0.2, 0.25) is 0 Å². The van der Waals surface area contributed by atoms with Gasteiger partial charge in [0.25, 0.3) is 5.56 Å². The van der Waals surface area contributed by atoms with Crippen LogP contribution in [-0.2, 0) is 12.8 Å². The zero-order chi connectivity index (χ0) is 16.4. The molecule has 0 spiro atoms. The van der Waals surface area contributed by atoms with E-state index in [0.717, 1.165) is 62.5 Å². The van der Waals surface area contributed by atoms with Gasteiger partial charge in [-0.25, -0.2) is 0 Å². The molecule has 0 bridgehead atoms. The van der Waals surface area contributed by atoms with E-state index in [-0.39, 0.29) is 11.6 Å². The summed E-state index contributed by atoms with van der Waals surface area (Å²) in [5.41, 5.74) is 2.25. The highest BCUT2D eigenvalue weighted by atomic mass is 16.5. The Morgan fingerprint density at radius 1 is 1.17 bits per heavy atom. The predicted molar refractivity (Wildman–Crippen MR) is 92.3 cm³/mol. The lowest BCUT2D eigenvalue weighted by atomic mass is 9.96. The molecule has 1 heterocycles. The van der Waals surface area contributed by atoms with E-state index in [1.165, 1.54) is 6.42 Å². The number of phenolic OH excluding ortho intramolecular Hbond substituents is 1. The summed E-state index contributed by atoms with van der Waals surface area (Å²) in [4.78, 5) is 12.8. The van der Waals surface area contributed by atoms with Crippen molar-refractivity contribution in [2.75, 3.05) is 0 Å². The molecule has 126 valence electrons. The Hall–Kier alpha value is -1.71. The van der Waals surface area contributed by atoms with Crippen LogP contribution in [0.15, 0.2) is 15.4 Å². The number of aromatic hydroxyl groups is 1.